The predicted octanol–water partition coefficient (Wildman–Crippen LogP) is 6.15. The normalized spacial score (nSPS) is 10.8. The fourth-order valence-electron chi connectivity index (χ4n) is 4.70. The summed E-state index contributed by atoms with van der Waals surface area (Å²) in [6.07, 6.45) is 0. The molecule has 0 bridgehead atoms. The van der Waals surface area contributed by atoms with Crippen molar-refractivity contribution in [3.05, 3.63) is 76.9 Å². The highest BCUT2D eigenvalue weighted by Gasteiger charge is 2.35. The Hall–Kier alpha value is -4.59. The lowest BCUT2D eigenvalue weighted by Crippen LogP contribution is -2.18. The molecule has 0 fully saturated rings. The maximum Gasteiger partial charge on any atom is 0.341 e. The van der Waals surface area contributed by atoms with E-state index >= 15 is 0 Å². The van der Waals surface area contributed by atoms with E-state index in [4.69, 9.17) is 18.9 Å². The second kappa shape index (κ2) is 11.2. The second-order valence-corrected chi connectivity index (χ2v) is 8.40. The van der Waals surface area contributed by atoms with E-state index in [1.54, 1.807) is 52.1 Å². The van der Waals surface area contributed by atoms with Gasteiger partial charge < -0.3 is 24.3 Å². The van der Waals surface area contributed by atoms with Crippen LogP contribution in [0.4, 0.5) is 11.4 Å². The van der Waals surface area contributed by atoms with Crippen LogP contribution in [0.3, 0.4) is 0 Å². The molecule has 0 aromatic heterocycles. The molecule has 0 radical (unpaired) electrons. The Morgan fingerprint density at radius 2 is 1.32 bits per heavy atom. The number of nitrogens with one attached hydrogen (secondary N) is 1. The van der Waals surface area contributed by atoms with Gasteiger partial charge in [-0.1, -0.05) is 30.3 Å². The van der Waals surface area contributed by atoms with Gasteiger partial charge in [-0.15, -0.1) is 0 Å². The summed E-state index contributed by atoms with van der Waals surface area (Å²) in [7, 11) is 2.87. The van der Waals surface area contributed by atoms with Crippen molar-refractivity contribution in [1.82, 2.24) is 0 Å². The molecule has 2 aromatic carbocycles. The Morgan fingerprint density at radius 1 is 0.711 bits per heavy atom. The zero-order valence-electron chi connectivity index (χ0n) is 22.0. The summed E-state index contributed by atoms with van der Waals surface area (Å²) in [5, 5.41) is 4.36. The molecule has 8 heteroatoms. The molecule has 2 aromatic rings. The largest absolute Gasteiger partial charge is 0.497 e. The number of ether oxygens (including phenoxy) is 4. The Kier molecular flexibility index (Phi) is 7.81. The lowest BCUT2D eigenvalue weighted by molar-refractivity contribution is 0.0479. The summed E-state index contributed by atoms with van der Waals surface area (Å²) in [4.78, 5) is 40.1. The number of carbonyl (C=O) groups excluding carboxylic acids is 3. The van der Waals surface area contributed by atoms with E-state index in [1.807, 2.05) is 30.3 Å². The van der Waals surface area contributed by atoms with Crippen LogP contribution in [0, 0.1) is 6.92 Å². The quantitative estimate of drug-likeness (QED) is 0.220. The molecule has 2 aliphatic rings. The summed E-state index contributed by atoms with van der Waals surface area (Å²) in [6, 6.07) is 16.2. The Labute approximate surface area is 220 Å². The summed E-state index contributed by atoms with van der Waals surface area (Å²) in [6.45, 7) is 5.31. The zero-order chi connectivity index (χ0) is 27.4. The standard InChI is InChI=1S/C30H29NO7/c1-6-37-29(33)23-17(3)22-20-11-9-8-10-12-21(20)24(28(32)36-5)25(22)27(26(23)30(34)38-7-2)31-18-13-15-19(35-4)16-14-18/h8-16,31H,6-7H2,1-5H3. The van der Waals surface area contributed by atoms with Gasteiger partial charge >= 0.3 is 17.9 Å². The first kappa shape index (κ1) is 26.5. The highest BCUT2D eigenvalue weighted by atomic mass is 16.5. The third-order valence-corrected chi connectivity index (χ3v) is 6.28. The van der Waals surface area contributed by atoms with Gasteiger partial charge in [0.2, 0.25) is 0 Å². The van der Waals surface area contributed by atoms with Crippen LogP contribution >= 0.6 is 0 Å². The summed E-state index contributed by atoms with van der Waals surface area (Å²) in [5.41, 5.74) is 3.01. The number of hydrogen-bond donors (Lipinski definition) is 1. The molecule has 0 heterocycles. The Balaban J connectivity index is 2.23. The number of aryl methyl sites for hydroxylation is 1. The van der Waals surface area contributed by atoms with Gasteiger partial charge in [-0.25, -0.2) is 14.4 Å². The van der Waals surface area contributed by atoms with Crippen molar-refractivity contribution >= 4 is 40.1 Å². The van der Waals surface area contributed by atoms with Gasteiger partial charge in [0.1, 0.15) is 5.75 Å². The molecule has 0 spiro atoms. The first-order chi connectivity index (χ1) is 18.4. The van der Waals surface area contributed by atoms with E-state index in [9.17, 15) is 14.4 Å². The van der Waals surface area contributed by atoms with Crippen LogP contribution in [0.2, 0.25) is 0 Å². The van der Waals surface area contributed by atoms with Crippen molar-refractivity contribution in [2.75, 3.05) is 32.8 Å². The number of esters is 3. The maximum absolute atomic E-state index is 13.5. The number of hydrogen-bond acceptors (Lipinski definition) is 8. The molecule has 4 rings (SSSR count). The van der Waals surface area contributed by atoms with Crippen LogP contribution in [0.1, 0.15) is 50.5 Å². The van der Waals surface area contributed by atoms with Crippen molar-refractivity contribution < 1.29 is 33.3 Å². The van der Waals surface area contributed by atoms with Crippen molar-refractivity contribution in [3.8, 4) is 16.9 Å². The average molecular weight is 516 g/mol. The minimum absolute atomic E-state index is 0.0176. The van der Waals surface area contributed by atoms with Crippen molar-refractivity contribution in [2.24, 2.45) is 0 Å². The van der Waals surface area contributed by atoms with Gasteiger partial charge in [0.15, 0.2) is 0 Å². The van der Waals surface area contributed by atoms with Crippen LogP contribution in [0.25, 0.3) is 21.9 Å². The van der Waals surface area contributed by atoms with Gasteiger partial charge in [0.25, 0.3) is 0 Å². The van der Waals surface area contributed by atoms with Crippen molar-refractivity contribution in [2.45, 2.75) is 20.8 Å². The molecule has 0 unspecified atom stereocenters. The molecular weight excluding hydrogens is 486 g/mol. The van der Waals surface area contributed by atoms with Gasteiger partial charge in [-0.05, 0) is 67.1 Å². The van der Waals surface area contributed by atoms with Gasteiger partial charge in [-0.2, -0.15) is 0 Å². The minimum Gasteiger partial charge on any atom is -0.497 e. The predicted molar refractivity (Wildman–Crippen MR) is 145 cm³/mol. The molecule has 0 saturated carbocycles. The van der Waals surface area contributed by atoms with Crippen LogP contribution < -0.4 is 10.1 Å². The second-order valence-electron chi connectivity index (χ2n) is 8.40. The highest BCUT2D eigenvalue weighted by molar-refractivity contribution is 6.27. The molecule has 0 aliphatic heterocycles. The van der Waals surface area contributed by atoms with Gasteiger partial charge in [-0.3, -0.25) is 0 Å². The average Bonchev–Trinajstić information content (AvgIpc) is 3.05. The van der Waals surface area contributed by atoms with E-state index in [-0.39, 0.29) is 35.6 Å². The Morgan fingerprint density at radius 3 is 1.89 bits per heavy atom. The van der Waals surface area contributed by atoms with E-state index in [0.717, 1.165) is 5.56 Å². The summed E-state index contributed by atoms with van der Waals surface area (Å²) >= 11 is 0. The molecule has 38 heavy (non-hydrogen) atoms. The van der Waals surface area contributed by atoms with Gasteiger partial charge in [0, 0.05) is 11.1 Å². The zero-order valence-corrected chi connectivity index (χ0v) is 22.0. The molecule has 0 amide bonds. The Bertz CT molecular complexity index is 1490. The van der Waals surface area contributed by atoms with Crippen LogP contribution in [0.5, 0.6) is 5.75 Å². The number of anilines is 2. The molecule has 1 N–H and O–H groups in total. The number of rotatable bonds is 8. The molecule has 2 aliphatic carbocycles. The van der Waals surface area contributed by atoms with E-state index in [1.165, 1.54) is 7.11 Å². The molecule has 196 valence electrons. The monoisotopic (exact) mass is 515 g/mol. The third kappa shape index (κ3) is 4.61. The number of fused-ring (bicyclic) bond motifs is 3. The highest BCUT2D eigenvalue weighted by Crippen LogP contribution is 2.48. The number of methoxy groups -OCH3 is 2. The number of carbonyl (C=O) groups is 3. The van der Waals surface area contributed by atoms with Crippen molar-refractivity contribution in [1.29, 1.82) is 0 Å². The first-order valence-corrected chi connectivity index (χ1v) is 12.2. The smallest absolute Gasteiger partial charge is 0.341 e. The lowest BCUT2D eigenvalue weighted by atomic mass is 9.92. The molecule has 0 atom stereocenters. The summed E-state index contributed by atoms with van der Waals surface area (Å²) in [5.74, 6) is -1.32. The SMILES string of the molecule is CCOC(=O)c1c(C(=O)OCC)c(Nc2ccc(OC)cc2)c2c(C(=O)OC)c3cccccc-3c2c1C. The maximum atomic E-state index is 13.5. The minimum atomic E-state index is -0.719. The van der Waals surface area contributed by atoms with Crippen LogP contribution in [-0.2, 0) is 14.2 Å². The third-order valence-electron chi connectivity index (χ3n) is 6.28. The first-order valence-electron chi connectivity index (χ1n) is 12.2. The lowest BCUT2D eigenvalue weighted by Gasteiger charge is -2.20. The van der Waals surface area contributed by atoms with Gasteiger partial charge in [0.05, 0.1) is 49.8 Å². The van der Waals surface area contributed by atoms with Crippen LogP contribution in [0.15, 0.2) is 54.6 Å². The van der Waals surface area contributed by atoms with Crippen molar-refractivity contribution in [3.63, 3.8) is 0 Å². The van der Waals surface area contributed by atoms with E-state index < -0.39 is 17.9 Å². The molecule has 8 nitrogen and oxygen atoms in total. The summed E-state index contributed by atoms with van der Waals surface area (Å²) < 4.78 is 21.3. The number of benzene rings is 2. The molecule has 0 saturated heterocycles. The fourth-order valence-corrected chi connectivity index (χ4v) is 4.70. The van der Waals surface area contributed by atoms with Crippen LogP contribution in [-0.4, -0.2) is 45.3 Å². The van der Waals surface area contributed by atoms with E-state index in [2.05, 4.69) is 5.32 Å². The fraction of sp³-hybridized carbons (Fsp3) is 0.233. The van der Waals surface area contributed by atoms with E-state index in [0.29, 0.717) is 33.3 Å². The topological polar surface area (TPSA) is 100 Å². The molecular formula is C30H29NO7.